The number of carbonyl (C=O) groups is 1. The molecule has 0 aliphatic heterocycles. The summed E-state index contributed by atoms with van der Waals surface area (Å²) in [4.78, 5) is 23.8. The highest BCUT2D eigenvalue weighted by atomic mass is 16.6. The molecule has 6 nitrogen and oxygen atoms in total. The van der Waals surface area contributed by atoms with Gasteiger partial charge in [-0.15, -0.1) is 0 Å². The van der Waals surface area contributed by atoms with E-state index >= 15 is 0 Å². The molecule has 0 unspecified atom stereocenters. The molecule has 27 heavy (non-hydrogen) atoms. The molecule has 0 aliphatic rings. The number of methoxy groups -OCH3 is 1. The number of benzene rings is 2. The zero-order chi connectivity index (χ0) is 19.4. The summed E-state index contributed by atoms with van der Waals surface area (Å²) in [6, 6.07) is 13.5. The van der Waals surface area contributed by atoms with Gasteiger partial charge in [-0.05, 0) is 35.7 Å². The number of carbonyl (C=O) groups excluding carboxylic acids is 1. The van der Waals surface area contributed by atoms with Crippen LogP contribution >= 0.6 is 0 Å². The third-order valence-corrected chi connectivity index (χ3v) is 4.02. The van der Waals surface area contributed by atoms with Crippen molar-refractivity contribution in [2.45, 2.75) is 19.8 Å². The van der Waals surface area contributed by atoms with Gasteiger partial charge < -0.3 is 18.6 Å². The highest BCUT2D eigenvalue weighted by Gasteiger charge is 2.13. The van der Waals surface area contributed by atoms with E-state index in [1.165, 1.54) is 19.2 Å². The molecular weight excluding hydrogens is 348 g/mol. The Bertz CT molecular complexity index is 1020. The van der Waals surface area contributed by atoms with E-state index in [-0.39, 0.29) is 18.3 Å². The van der Waals surface area contributed by atoms with E-state index in [1.54, 1.807) is 36.4 Å². The van der Waals surface area contributed by atoms with Gasteiger partial charge in [0.2, 0.25) is 0 Å². The Labute approximate surface area is 156 Å². The van der Waals surface area contributed by atoms with Gasteiger partial charge in [0.25, 0.3) is 0 Å². The van der Waals surface area contributed by atoms with Crippen LogP contribution in [0.1, 0.15) is 25.3 Å². The SMILES string of the molecule is COc1ccccc1OCC(=O)Oc1ccc2c(C(C)C)cc(=O)oc2c1. The Morgan fingerprint density at radius 2 is 1.81 bits per heavy atom. The van der Waals surface area contributed by atoms with E-state index in [0.717, 1.165) is 10.9 Å². The van der Waals surface area contributed by atoms with Crippen LogP contribution in [0.25, 0.3) is 11.0 Å². The van der Waals surface area contributed by atoms with Gasteiger partial charge >= 0.3 is 11.6 Å². The highest BCUT2D eigenvalue weighted by Crippen LogP contribution is 2.28. The summed E-state index contributed by atoms with van der Waals surface area (Å²) in [5.41, 5.74) is 0.829. The monoisotopic (exact) mass is 368 g/mol. The van der Waals surface area contributed by atoms with Crippen LogP contribution in [0.2, 0.25) is 0 Å². The molecule has 3 aromatic rings. The van der Waals surface area contributed by atoms with Crippen molar-refractivity contribution < 1.29 is 23.4 Å². The average Bonchev–Trinajstić information content (AvgIpc) is 2.65. The normalized spacial score (nSPS) is 10.8. The Balaban J connectivity index is 1.74. The number of fused-ring (bicyclic) bond motifs is 1. The summed E-state index contributed by atoms with van der Waals surface area (Å²) in [5.74, 6) is 0.837. The van der Waals surface area contributed by atoms with E-state index in [9.17, 15) is 9.59 Å². The van der Waals surface area contributed by atoms with Crippen LogP contribution in [-0.4, -0.2) is 19.7 Å². The molecule has 0 spiro atoms. The zero-order valence-electron chi connectivity index (χ0n) is 15.4. The summed E-state index contributed by atoms with van der Waals surface area (Å²) in [6.45, 7) is 3.71. The molecule has 140 valence electrons. The Morgan fingerprint density at radius 1 is 1.07 bits per heavy atom. The number of esters is 1. The number of rotatable bonds is 6. The number of hydrogen-bond donors (Lipinski definition) is 0. The van der Waals surface area contributed by atoms with Crippen LogP contribution in [0, 0.1) is 0 Å². The van der Waals surface area contributed by atoms with Crippen molar-refractivity contribution in [3.05, 3.63) is 64.5 Å². The van der Waals surface area contributed by atoms with E-state index in [2.05, 4.69) is 0 Å². The van der Waals surface area contributed by atoms with Crippen molar-refractivity contribution in [1.82, 2.24) is 0 Å². The minimum absolute atomic E-state index is 0.166. The molecule has 0 aliphatic carbocycles. The van der Waals surface area contributed by atoms with Gasteiger partial charge in [0.1, 0.15) is 11.3 Å². The third kappa shape index (κ3) is 4.28. The van der Waals surface area contributed by atoms with Crippen molar-refractivity contribution >= 4 is 16.9 Å². The fourth-order valence-corrected chi connectivity index (χ4v) is 2.74. The molecule has 1 heterocycles. The maximum absolute atomic E-state index is 12.1. The molecule has 0 amide bonds. The first kappa shape index (κ1) is 18.5. The topological polar surface area (TPSA) is 75.0 Å². The van der Waals surface area contributed by atoms with Gasteiger partial charge in [0.15, 0.2) is 18.1 Å². The van der Waals surface area contributed by atoms with Crippen molar-refractivity contribution in [2.75, 3.05) is 13.7 Å². The molecule has 0 radical (unpaired) electrons. The first-order chi connectivity index (χ1) is 13.0. The number of hydrogen-bond acceptors (Lipinski definition) is 6. The van der Waals surface area contributed by atoms with Crippen LogP contribution in [0.15, 0.2) is 57.7 Å². The van der Waals surface area contributed by atoms with E-state index in [0.29, 0.717) is 17.1 Å². The summed E-state index contributed by atoms with van der Waals surface area (Å²) in [7, 11) is 1.52. The molecule has 0 saturated carbocycles. The van der Waals surface area contributed by atoms with Crippen LogP contribution in [-0.2, 0) is 4.79 Å². The Kier molecular flexibility index (Phi) is 5.45. The van der Waals surface area contributed by atoms with Gasteiger partial charge in [0.05, 0.1) is 7.11 Å². The lowest BCUT2D eigenvalue weighted by atomic mass is 10.00. The van der Waals surface area contributed by atoms with Crippen molar-refractivity contribution in [3.63, 3.8) is 0 Å². The van der Waals surface area contributed by atoms with E-state index in [1.807, 2.05) is 13.8 Å². The number of ether oxygens (including phenoxy) is 3. The smallest absolute Gasteiger partial charge is 0.349 e. The molecule has 0 fully saturated rings. The fourth-order valence-electron chi connectivity index (χ4n) is 2.74. The molecule has 3 rings (SSSR count). The van der Waals surface area contributed by atoms with Gasteiger partial charge in [0, 0.05) is 17.5 Å². The second-order valence-electron chi connectivity index (χ2n) is 6.25. The molecule has 6 heteroatoms. The Morgan fingerprint density at radius 3 is 2.52 bits per heavy atom. The molecule has 0 bridgehead atoms. The largest absolute Gasteiger partial charge is 0.493 e. The molecule has 0 N–H and O–H groups in total. The van der Waals surface area contributed by atoms with Crippen LogP contribution in [0.5, 0.6) is 17.2 Å². The van der Waals surface area contributed by atoms with Gasteiger partial charge in [-0.25, -0.2) is 9.59 Å². The van der Waals surface area contributed by atoms with E-state index < -0.39 is 11.6 Å². The van der Waals surface area contributed by atoms with Crippen LogP contribution in [0.3, 0.4) is 0 Å². The second kappa shape index (κ2) is 7.95. The molecule has 1 aromatic heterocycles. The minimum Gasteiger partial charge on any atom is -0.493 e. The predicted molar refractivity (Wildman–Crippen MR) is 101 cm³/mol. The fraction of sp³-hybridized carbons (Fsp3) is 0.238. The van der Waals surface area contributed by atoms with Gasteiger partial charge in [-0.2, -0.15) is 0 Å². The first-order valence-corrected chi connectivity index (χ1v) is 8.52. The van der Waals surface area contributed by atoms with Crippen LogP contribution < -0.4 is 19.8 Å². The minimum atomic E-state index is -0.581. The average molecular weight is 368 g/mol. The molecule has 0 atom stereocenters. The standard InChI is InChI=1S/C21H20O6/c1-13(2)16-11-20(22)27-19-10-14(8-9-15(16)19)26-21(23)12-25-18-7-5-4-6-17(18)24-3/h4-11,13H,12H2,1-3H3. The van der Waals surface area contributed by atoms with Crippen molar-refractivity contribution in [2.24, 2.45) is 0 Å². The van der Waals surface area contributed by atoms with Crippen molar-refractivity contribution in [1.29, 1.82) is 0 Å². The summed E-state index contributed by atoms with van der Waals surface area (Å²) in [5, 5.41) is 0.815. The molecule has 0 saturated heterocycles. The quantitative estimate of drug-likeness (QED) is 0.373. The second-order valence-corrected chi connectivity index (χ2v) is 6.25. The predicted octanol–water partition coefficient (Wildman–Crippen LogP) is 3.91. The lowest BCUT2D eigenvalue weighted by molar-refractivity contribution is -0.136. The summed E-state index contributed by atoms with van der Waals surface area (Å²) >= 11 is 0. The first-order valence-electron chi connectivity index (χ1n) is 8.52. The number of para-hydroxylation sites is 2. The Hall–Kier alpha value is -3.28. The third-order valence-electron chi connectivity index (χ3n) is 4.02. The molecule has 2 aromatic carbocycles. The van der Waals surface area contributed by atoms with Crippen molar-refractivity contribution in [3.8, 4) is 17.2 Å². The maximum Gasteiger partial charge on any atom is 0.349 e. The summed E-state index contributed by atoms with van der Waals surface area (Å²) < 4.78 is 21.1. The zero-order valence-corrected chi connectivity index (χ0v) is 15.4. The summed E-state index contributed by atoms with van der Waals surface area (Å²) in [6.07, 6.45) is 0. The van der Waals surface area contributed by atoms with E-state index in [4.69, 9.17) is 18.6 Å². The lowest BCUT2D eigenvalue weighted by Crippen LogP contribution is -2.18. The lowest BCUT2D eigenvalue weighted by Gasteiger charge is -2.11. The highest BCUT2D eigenvalue weighted by molar-refractivity contribution is 5.83. The van der Waals surface area contributed by atoms with Crippen LogP contribution in [0.4, 0.5) is 0 Å². The van der Waals surface area contributed by atoms with Gasteiger partial charge in [-0.3, -0.25) is 0 Å². The van der Waals surface area contributed by atoms with Gasteiger partial charge in [-0.1, -0.05) is 26.0 Å². The molecular formula is C21H20O6. The maximum atomic E-state index is 12.1.